The predicted octanol–water partition coefficient (Wildman–Crippen LogP) is 3.98. The van der Waals surface area contributed by atoms with Crippen LogP contribution in [0.25, 0.3) is 0 Å². The summed E-state index contributed by atoms with van der Waals surface area (Å²) >= 11 is 0. The highest BCUT2D eigenvalue weighted by Gasteiger charge is 2.24. The standard InChI is InChI=1S/C20H23NO3/c22-19-10-8-16(9-11-19)13-18-7-4-12-21(14-18)20(23)24-15-17-5-2-1-3-6-17/h1-3,5-6,8-11,18,22H,4,7,12-15H2. The fourth-order valence-electron chi connectivity index (χ4n) is 3.17. The highest BCUT2D eigenvalue weighted by atomic mass is 16.6. The van der Waals surface area contributed by atoms with Crippen LogP contribution in [0, 0.1) is 5.92 Å². The Labute approximate surface area is 142 Å². The number of phenols is 1. The summed E-state index contributed by atoms with van der Waals surface area (Å²) in [4.78, 5) is 14.1. The van der Waals surface area contributed by atoms with E-state index in [1.165, 1.54) is 5.56 Å². The van der Waals surface area contributed by atoms with Gasteiger partial charge >= 0.3 is 6.09 Å². The molecule has 3 rings (SSSR count). The Kier molecular flexibility index (Phi) is 5.36. The molecule has 1 unspecified atom stereocenters. The zero-order valence-corrected chi connectivity index (χ0v) is 13.7. The molecule has 0 radical (unpaired) electrons. The molecular weight excluding hydrogens is 302 g/mol. The molecule has 1 fully saturated rings. The van der Waals surface area contributed by atoms with E-state index in [0.29, 0.717) is 12.5 Å². The first-order valence-electron chi connectivity index (χ1n) is 8.44. The third kappa shape index (κ3) is 4.51. The second-order valence-corrected chi connectivity index (χ2v) is 6.37. The number of phenolic OH excluding ortho intramolecular Hbond substituents is 1. The maximum absolute atomic E-state index is 12.3. The Morgan fingerprint density at radius 2 is 1.83 bits per heavy atom. The van der Waals surface area contributed by atoms with Crippen molar-refractivity contribution in [1.82, 2.24) is 4.90 Å². The van der Waals surface area contributed by atoms with E-state index in [4.69, 9.17) is 4.74 Å². The van der Waals surface area contributed by atoms with Crippen molar-refractivity contribution in [2.45, 2.75) is 25.9 Å². The zero-order valence-electron chi connectivity index (χ0n) is 13.7. The molecule has 1 saturated heterocycles. The third-order valence-corrected chi connectivity index (χ3v) is 4.44. The maximum Gasteiger partial charge on any atom is 0.410 e. The number of hydrogen-bond donors (Lipinski definition) is 1. The summed E-state index contributed by atoms with van der Waals surface area (Å²) in [5.41, 5.74) is 2.20. The molecule has 1 amide bonds. The number of carbonyl (C=O) groups is 1. The van der Waals surface area contributed by atoms with Gasteiger partial charge in [-0.3, -0.25) is 0 Å². The Hall–Kier alpha value is -2.49. The summed E-state index contributed by atoms with van der Waals surface area (Å²) in [7, 11) is 0. The van der Waals surface area contributed by atoms with Crippen molar-refractivity contribution in [3.8, 4) is 5.75 Å². The van der Waals surface area contributed by atoms with E-state index in [2.05, 4.69) is 0 Å². The van der Waals surface area contributed by atoms with Gasteiger partial charge < -0.3 is 14.7 Å². The second kappa shape index (κ2) is 7.86. The van der Waals surface area contributed by atoms with Crippen molar-refractivity contribution in [2.75, 3.05) is 13.1 Å². The van der Waals surface area contributed by atoms with Gasteiger partial charge in [0.25, 0.3) is 0 Å². The van der Waals surface area contributed by atoms with E-state index in [1.807, 2.05) is 47.4 Å². The van der Waals surface area contributed by atoms with Crippen LogP contribution in [-0.2, 0) is 17.8 Å². The van der Waals surface area contributed by atoms with Gasteiger partial charge in [0, 0.05) is 13.1 Å². The van der Waals surface area contributed by atoms with Crippen LogP contribution < -0.4 is 0 Å². The Bertz CT molecular complexity index is 654. The lowest BCUT2D eigenvalue weighted by atomic mass is 9.91. The number of hydrogen-bond acceptors (Lipinski definition) is 3. The Balaban J connectivity index is 1.51. The number of ether oxygens (including phenoxy) is 1. The minimum Gasteiger partial charge on any atom is -0.508 e. The van der Waals surface area contributed by atoms with Crippen molar-refractivity contribution in [3.63, 3.8) is 0 Å². The molecule has 1 aliphatic rings. The van der Waals surface area contributed by atoms with Crippen molar-refractivity contribution >= 4 is 6.09 Å². The number of carbonyl (C=O) groups excluding carboxylic acids is 1. The van der Waals surface area contributed by atoms with E-state index in [0.717, 1.165) is 37.9 Å². The minimum absolute atomic E-state index is 0.228. The summed E-state index contributed by atoms with van der Waals surface area (Å²) in [6.45, 7) is 1.81. The van der Waals surface area contributed by atoms with Crippen LogP contribution in [0.3, 0.4) is 0 Å². The molecular formula is C20H23NO3. The topological polar surface area (TPSA) is 49.8 Å². The van der Waals surface area contributed by atoms with Gasteiger partial charge in [0.05, 0.1) is 0 Å². The first kappa shape index (κ1) is 16.4. The lowest BCUT2D eigenvalue weighted by Crippen LogP contribution is -2.40. The summed E-state index contributed by atoms with van der Waals surface area (Å²) in [6, 6.07) is 17.1. The second-order valence-electron chi connectivity index (χ2n) is 6.37. The van der Waals surface area contributed by atoms with Crippen LogP contribution in [0.15, 0.2) is 54.6 Å². The minimum atomic E-state index is -0.228. The number of amides is 1. The first-order valence-corrected chi connectivity index (χ1v) is 8.44. The molecule has 0 aliphatic carbocycles. The number of rotatable bonds is 4. The average molecular weight is 325 g/mol. The highest BCUT2D eigenvalue weighted by Crippen LogP contribution is 2.22. The molecule has 1 N–H and O–H groups in total. The molecule has 126 valence electrons. The number of likely N-dealkylation sites (tertiary alicyclic amines) is 1. The van der Waals surface area contributed by atoms with E-state index in [9.17, 15) is 9.90 Å². The van der Waals surface area contributed by atoms with Gasteiger partial charge in [0.2, 0.25) is 0 Å². The van der Waals surface area contributed by atoms with E-state index >= 15 is 0 Å². The molecule has 2 aromatic rings. The van der Waals surface area contributed by atoms with Crippen molar-refractivity contribution in [2.24, 2.45) is 5.92 Å². The Morgan fingerprint density at radius 3 is 2.58 bits per heavy atom. The third-order valence-electron chi connectivity index (χ3n) is 4.44. The molecule has 1 atom stereocenters. The van der Waals surface area contributed by atoms with Crippen LogP contribution >= 0.6 is 0 Å². The molecule has 4 heteroatoms. The van der Waals surface area contributed by atoms with Crippen LogP contribution in [0.2, 0.25) is 0 Å². The Morgan fingerprint density at radius 1 is 1.08 bits per heavy atom. The summed E-state index contributed by atoms with van der Waals surface area (Å²) in [5, 5.41) is 9.36. The van der Waals surface area contributed by atoms with Gasteiger partial charge in [-0.15, -0.1) is 0 Å². The molecule has 1 aliphatic heterocycles. The van der Waals surface area contributed by atoms with Gasteiger partial charge in [-0.1, -0.05) is 42.5 Å². The van der Waals surface area contributed by atoms with Gasteiger partial charge in [0.1, 0.15) is 12.4 Å². The maximum atomic E-state index is 12.3. The monoisotopic (exact) mass is 325 g/mol. The van der Waals surface area contributed by atoms with Crippen LogP contribution in [0.4, 0.5) is 4.79 Å². The highest BCUT2D eigenvalue weighted by molar-refractivity contribution is 5.67. The zero-order chi connectivity index (χ0) is 16.8. The lowest BCUT2D eigenvalue weighted by Gasteiger charge is -2.32. The first-order chi connectivity index (χ1) is 11.7. The number of nitrogens with zero attached hydrogens (tertiary/aromatic N) is 1. The lowest BCUT2D eigenvalue weighted by molar-refractivity contribution is 0.0790. The molecule has 0 spiro atoms. The van der Waals surface area contributed by atoms with Crippen LogP contribution in [-0.4, -0.2) is 29.2 Å². The van der Waals surface area contributed by atoms with Gasteiger partial charge in [-0.05, 0) is 48.4 Å². The molecule has 2 aromatic carbocycles. The van der Waals surface area contributed by atoms with Gasteiger partial charge in [-0.25, -0.2) is 4.79 Å². The molecule has 24 heavy (non-hydrogen) atoms. The average Bonchev–Trinajstić information content (AvgIpc) is 2.63. The van der Waals surface area contributed by atoms with Gasteiger partial charge in [0.15, 0.2) is 0 Å². The molecule has 1 heterocycles. The van der Waals surface area contributed by atoms with E-state index in [1.54, 1.807) is 12.1 Å². The fraction of sp³-hybridized carbons (Fsp3) is 0.350. The fourth-order valence-corrected chi connectivity index (χ4v) is 3.17. The smallest absolute Gasteiger partial charge is 0.410 e. The van der Waals surface area contributed by atoms with Crippen LogP contribution in [0.5, 0.6) is 5.75 Å². The summed E-state index contributed by atoms with van der Waals surface area (Å²) in [6.07, 6.45) is 2.81. The van der Waals surface area contributed by atoms with Crippen molar-refractivity contribution < 1.29 is 14.6 Å². The van der Waals surface area contributed by atoms with Crippen molar-refractivity contribution in [3.05, 3.63) is 65.7 Å². The molecule has 4 nitrogen and oxygen atoms in total. The SMILES string of the molecule is O=C(OCc1ccccc1)N1CCCC(Cc2ccc(O)cc2)C1. The van der Waals surface area contributed by atoms with Gasteiger partial charge in [-0.2, -0.15) is 0 Å². The van der Waals surface area contributed by atoms with E-state index in [-0.39, 0.29) is 11.8 Å². The number of aromatic hydroxyl groups is 1. The quantitative estimate of drug-likeness (QED) is 0.925. The van der Waals surface area contributed by atoms with Crippen molar-refractivity contribution in [1.29, 1.82) is 0 Å². The predicted molar refractivity (Wildman–Crippen MR) is 92.7 cm³/mol. The number of benzene rings is 2. The normalized spacial score (nSPS) is 17.5. The molecule has 0 saturated carbocycles. The largest absolute Gasteiger partial charge is 0.508 e. The molecule has 0 bridgehead atoms. The summed E-state index contributed by atoms with van der Waals surface area (Å²) in [5.74, 6) is 0.723. The van der Waals surface area contributed by atoms with Crippen LogP contribution in [0.1, 0.15) is 24.0 Å². The summed E-state index contributed by atoms with van der Waals surface area (Å²) < 4.78 is 5.44. The van der Waals surface area contributed by atoms with E-state index < -0.39 is 0 Å². The number of piperidine rings is 1. The molecule has 0 aromatic heterocycles.